The molecule has 0 atom stereocenters. The number of hydrogen-bond acceptors (Lipinski definition) is 3. The Hall–Kier alpha value is -1.09. The highest BCUT2D eigenvalue weighted by atomic mass is 32.1. The number of carbonyl (C=O) groups excluding carboxylic acids is 1. The highest BCUT2D eigenvalue weighted by molar-refractivity contribution is 7.12. The van der Waals surface area contributed by atoms with Gasteiger partial charge in [-0.3, -0.25) is 4.79 Å². The molecule has 0 aliphatic carbocycles. The number of carbonyl (C=O) groups is 1. The summed E-state index contributed by atoms with van der Waals surface area (Å²) in [7, 11) is 0. The maximum Gasteiger partial charge on any atom is 0.160 e. The van der Waals surface area contributed by atoms with Crippen LogP contribution < -0.4 is 4.90 Å². The zero-order valence-electron chi connectivity index (χ0n) is 8.19. The lowest BCUT2D eigenvalue weighted by molar-refractivity contribution is 0.112. The Balaban J connectivity index is 2.12. The van der Waals surface area contributed by atoms with E-state index in [0.717, 1.165) is 30.7 Å². The highest BCUT2D eigenvalue weighted by Crippen LogP contribution is 2.24. The van der Waals surface area contributed by atoms with Crippen molar-refractivity contribution in [3.8, 4) is 0 Å². The fraction of sp³-hybridized carbons (Fsp3) is 0.364. The molecular weight excluding hydrogens is 194 g/mol. The minimum absolute atomic E-state index is 0.811. The molecule has 1 aliphatic rings. The van der Waals surface area contributed by atoms with Crippen molar-refractivity contribution in [2.45, 2.75) is 13.3 Å². The van der Waals surface area contributed by atoms with Crippen LogP contribution in [0.2, 0.25) is 0 Å². The van der Waals surface area contributed by atoms with E-state index in [9.17, 15) is 4.79 Å². The maximum absolute atomic E-state index is 10.5. The first-order valence-corrected chi connectivity index (χ1v) is 5.62. The first-order chi connectivity index (χ1) is 6.79. The number of anilines is 1. The van der Waals surface area contributed by atoms with Crippen molar-refractivity contribution in [3.05, 3.63) is 28.0 Å². The lowest BCUT2D eigenvalue weighted by Gasteiger charge is -2.26. The van der Waals surface area contributed by atoms with E-state index in [1.54, 1.807) is 0 Å². The van der Waals surface area contributed by atoms with Crippen molar-refractivity contribution in [2.24, 2.45) is 0 Å². The Kier molecular flexibility index (Phi) is 2.68. The third kappa shape index (κ3) is 1.87. The largest absolute Gasteiger partial charge is 0.367 e. The molecule has 2 heterocycles. The first kappa shape index (κ1) is 9.46. The summed E-state index contributed by atoms with van der Waals surface area (Å²) in [5.74, 6) is 0. The van der Waals surface area contributed by atoms with Crippen molar-refractivity contribution in [1.29, 1.82) is 0 Å². The number of thiophene rings is 1. The molecule has 0 N–H and O–H groups in total. The smallest absolute Gasteiger partial charge is 0.160 e. The molecule has 0 saturated heterocycles. The van der Waals surface area contributed by atoms with Crippen molar-refractivity contribution < 1.29 is 4.79 Å². The molecule has 0 spiro atoms. The van der Waals surface area contributed by atoms with E-state index < -0.39 is 0 Å². The number of hydrogen-bond donors (Lipinski definition) is 0. The van der Waals surface area contributed by atoms with E-state index in [1.165, 1.54) is 22.6 Å². The quantitative estimate of drug-likeness (QED) is 0.549. The molecule has 0 amide bonds. The summed E-state index contributed by atoms with van der Waals surface area (Å²) in [5.41, 5.74) is 2.65. The average Bonchev–Trinajstić information content (AvgIpc) is 2.67. The van der Waals surface area contributed by atoms with E-state index >= 15 is 0 Å². The molecule has 3 heteroatoms. The summed E-state index contributed by atoms with van der Waals surface area (Å²) in [5, 5.41) is 2.05. The van der Waals surface area contributed by atoms with Crippen LogP contribution in [0.1, 0.15) is 23.0 Å². The third-order valence-electron chi connectivity index (χ3n) is 2.52. The van der Waals surface area contributed by atoms with Gasteiger partial charge in [0.05, 0.1) is 4.88 Å². The fourth-order valence-electron chi connectivity index (χ4n) is 1.58. The van der Waals surface area contributed by atoms with E-state index in [0.29, 0.717) is 0 Å². The Morgan fingerprint density at radius 2 is 2.43 bits per heavy atom. The van der Waals surface area contributed by atoms with E-state index in [-0.39, 0.29) is 0 Å². The van der Waals surface area contributed by atoms with Gasteiger partial charge < -0.3 is 4.90 Å². The third-order valence-corrected chi connectivity index (χ3v) is 3.37. The summed E-state index contributed by atoms with van der Waals surface area (Å²) in [6, 6.07) is 1.96. The lowest BCUT2D eigenvalue weighted by atomic mass is 10.1. The molecule has 14 heavy (non-hydrogen) atoms. The van der Waals surface area contributed by atoms with Crippen LogP contribution in [0.3, 0.4) is 0 Å². The average molecular weight is 207 g/mol. The molecular formula is C11H13NOS. The van der Waals surface area contributed by atoms with Crippen LogP contribution in [-0.4, -0.2) is 19.4 Å². The van der Waals surface area contributed by atoms with Gasteiger partial charge in [0, 0.05) is 24.2 Å². The van der Waals surface area contributed by atoms with Crippen molar-refractivity contribution in [3.63, 3.8) is 0 Å². The summed E-state index contributed by atoms with van der Waals surface area (Å²) in [4.78, 5) is 13.6. The predicted octanol–water partition coefficient (Wildman–Crippen LogP) is 2.72. The second-order valence-electron chi connectivity index (χ2n) is 3.57. The Labute approximate surface area is 87.9 Å². The second-order valence-corrected chi connectivity index (χ2v) is 4.51. The van der Waals surface area contributed by atoms with Gasteiger partial charge >= 0.3 is 0 Å². The first-order valence-electron chi connectivity index (χ1n) is 4.74. The van der Waals surface area contributed by atoms with Crippen LogP contribution in [0, 0.1) is 0 Å². The van der Waals surface area contributed by atoms with Crippen LogP contribution >= 0.6 is 11.3 Å². The van der Waals surface area contributed by atoms with Gasteiger partial charge in [-0.1, -0.05) is 11.6 Å². The molecule has 74 valence electrons. The summed E-state index contributed by atoms with van der Waals surface area (Å²) in [6.07, 6.45) is 4.30. The van der Waals surface area contributed by atoms with Crippen molar-refractivity contribution in [1.82, 2.24) is 0 Å². The summed E-state index contributed by atoms with van der Waals surface area (Å²) >= 11 is 1.51. The molecule has 2 rings (SSSR count). The normalized spacial score (nSPS) is 16.6. The zero-order chi connectivity index (χ0) is 9.97. The second kappa shape index (κ2) is 3.96. The molecule has 0 saturated carbocycles. The Morgan fingerprint density at radius 1 is 1.57 bits per heavy atom. The monoisotopic (exact) mass is 207 g/mol. The highest BCUT2D eigenvalue weighted by Gasteiger charge is 2.11. The van der Waals surface area contributed by atoms with Gasteiger partial charge in [-0.15, -0.1) is 11.3 Å². The van der Waals surface area contributed by atoms with Gasteiger partial charge in [-0.05, 0) is 19.4 Å². The van der Waals surface area contributed by atoms with E-state index in [1.807, 2.05) is 6.07 Å². The van der Waals surface area contributed by atoms with Gasteiger partial charge in [0.1, 0.15) is 0 Å². The van der Waals surface area contributed by atoms with Gasteiger partial charge in [-0.2, -0.15) is 0 Å². The minimum Gasteiger partial charge on any atom is -0.367 e. The molecule has 0 radical (unpaired) electrons. The molecule has 0 bridgehead atoms. The summed E-state index contributed by atoms with van der Waals surface area (Å²) < 4.78 is 0. The van der Waals surface area contributed by atoms with Gasteiger partial charge in [0.2, 0.25) is 0 Å². The standard InChI is InChI=1S/C11H13NOS/c1-9-2-4-12(5-3-9)10-6-11(7-13)14-8-10/h2,6-8H,3-5H2,1H3. The minimum atomic E-state index is 0.811. The maximum atomic E-state index is 10.5. The molecule has 0 aromatic carbocycles. The van der Waals surface area contributed by atoms with Crippen molar-refractivity contribution in [2.75, 3.05) is 18.0 Å². The SMILES string of the molecule is CC1=CCN(c2csc(C=O)c2)CC1. The van der Waals surface area contributed by atoms with Gasteiger partial charge in [0.15, 0.2) is 6.29 Å². The Bertz CT molecular complexity index is 367. The number of aldehydes is 1. The van der Waals surface area contributed by atoms with Gasteiger partial charge in [-0.25, -0.2) is 0 Å². The zero-order valence-corrected chi connectivity index (χ0v) is 9.01. The molecule has 2 nitrogen and oxygen atoms in total. The van der Waals surface area contributed by atoms with E-state index in [2.05, 4.69) is 23.3 Å². The molecule has 0 unspecified atom stereocenters. The van der Waals surface area contributed by atoms with Crippen molar-refractivity contribution >= 4 is 23.3 Å². The topological polar surface area (TPSA) is 20.3 Å². The number of nitrogens with zero attached hydrogens (tertiary/aromatic N) is 1. The lowest BCUT2D eigenvalue weighted by Crippen LogP contribution is -2.27. The molecule has 1 aliphatic heterocycles. The number of rotatable bonds is 2. The van der Waals surface area contributed by atoms with Crippen LogP contribution in [0.5, 0.6) is 0 Å². The van der Waals surface area contributed by atoms with Crippen LogP contribution in [0.4, 0.5) is 5.69 Å². The van der Waals surface area contributed by atoms with Crippen LogP contribution in [0.15, 0.2) is 23.1 Å². The fourth-order valence-corrected chi connectivity index (χ4v) is 2.29. The molecule has 1 aromatic heterocycles. The van der Waals surface area contributed by atoms with Crippen LogP contribution in [-0.2, 0) is 0 Å². The molecule has 0 fully saturated rings. The van der Waals surface area contributed by atoms with Crippen LogP contribution in [0.25, 0.3) is 0 Å². The van der Waals surface area contributed by atoms with Gasteiger partial charge in [0.25, 0.3) is 0 Å². The van der Waals surface area contributed by atoms with E-state index in [4.69, 9.17) is 0 Å². The Morgan fingerprint density at radius 3 is 3.00 bits per heavy atom. The summed E-state index contributed by atoms with van der Waals surface area (Å²) in [6.45, 7) is 4.21. The predicted molar refractivity (Wildman–Crippen MR) is 60.3 cm³/mol. The molecule has 1 aromatic rings.